The van der Waals surface area contributed by atoms with Crippen molar-refractivity contribution in [1.29, 1.82) is 0 Å². The van der Waals surface area contributed by atoms with Crippen LogP contribution in [0.4, 0.5) is 0 Å². The van der Waals surface area contributed by atoms with Crippen molar-refractivity contribution in [2.24, 2.45) is 0 Å². The van der Waals surface area contributed by atoms with Crippen LogP contribution in [0.2, 0.25) is 0 Å². The van der Waals surface area contributed by atoms with Crippen LogP contribution in [0.3, 0.4) is 0 Å². The largest absolute Gasteiger partial charge is 0.494 e. The van der Waals surface area contributed by atoms with Gasteiger partial charge < -0.3 is 27.9 Å². The Morgan fingerprint density at radius 3 is 0.541 bits per heavy atom. The van der Waals surface area contributed by atoms with Crippen molar-refractivity contribution in [3.8, 4) is 102 Å². The molecule has 0 radical (unpaired) electrons. The van der Waals surface area contributed by atoms with Gasteiger partial charge in [0, 0.05) is 50.1 Å². The minimum atomic E-state index is -0.422. The molecule has 15 nitrogen and oxygen atoms in total. The summed E-state index contributed by atoms with van der Waals surface area (Å²) in [4.78, 5) is 43.8. The molecule has 0 atom stereocenters. The molecular formula is C93H84B3N9O6. The Bertz CT molecular complexity index is 5700. The average molecular weight is 1460 g/mol. The predicted molar refractivity (Wildman–Crippen MR) is 448 cm³/mol. The summed E-state index contributed by atoms with van der Waals surface area (Å²) in [5.74, 6) is 5.72. The molecule has 3 aliphatic heterocycles. The number of fused-ring (bicyclic) bond motifs is 3. The van der Waals surface area contributed by atoms with Crippen LogP contribution in [-0.4, -0.2) is 99.8 Å². The van der Waals surface area contributed by atoms with Crippen LogP contribution in [-0.2, 0) is 27.9 Å². The van der Waals surface area contributed by atoms with Crippen LogP contribution in [0.5, 0.6) is 0 Å². The van der Waals surface area contributed by atoms with E-state index in [9.17, 15) is 0 Å². The Labute approximate surface area is 649 Å². The summed E-state index contributed by atoms with van der Waals surface area (Å²) in [5, 5.41) is 6.98. The number of benzene rings is 12. The van der Waals surface area contributed by atoms with Crippen LogP contribution in [0.1, 0.15) is 83.1 Å². The topological polar surface area (TPSA) is 171 Å². The lowest BCUT2D eigenvalue weighted by Crippen LogP contribution is -2.41. The summed E-state index contributed by atoms with van der Waals surface area (Å²) in [6.07, 6.45) is 0. The number of hydrogen-bond donors (Lipinski definition) is 0. The van der Waals surface area contributed by atoms with E-state index in [1.807, 2.05) is 200 Å². The zero-order valence-corrected chi connectivity index (χ0v) is 64.4. The summed E-state index contributed by atoms with van der Waals surface area (Å²) in [6, 6.07) is 98.2. The molecule has 0 amide bonds. The molecule has 546 valence electrons. The van der Waals surface area contributed by atoms with Crippen LogP contribution in [0.25, 0.3) is 135 Å². The summed E-state index contributed by atoms with van der Waals surface area (Å²) in [6.45, 7) is 24.7. The molecule has 111 heavy (non-hydrogen) atoms. The van der Waals surface area contributed by atoms with Crippen molar-refractivity contribution < 1.29 is 27.9 Å². The van der Waals surface area contributed by atoms with E-state index in [1.54, 1.807) is 0 Å². The van der Waals surface area contributed by atoms with E-state index in [1.165, 1.54) is 16.2 Å². The van der Waals surface area contributed by atoms with E-state index in [0.29, 0.717) is 52.4 Å². The molecule has 0 spiro atoms. The van der Waals surface area contributed by atoms with E-state index in [2.05, 4.69) is 174 Å². The first-order valence-corrected chi connectivity index (χ1v) is 37.7. The second kappa shape index (κ2) is 29.7. The molecule has 6 heterocycles. The van der Waals surface area contributed by atoms with Gasteiger partial charge in [-0.3, -0.25) is 0 Å². The quantitative estimate of drug-likeness (QED) is 0.106. The molecule has 0 bridgehead atoms. The lowest BCUT2D eigenvalue weighted by molar-refractivity contribution is 0.00578. The van der Waals surface area contributed by atoms with Crippen molar-refractivity contribution in [3.63, 3.8) is 0 Å². The zero-order valence-electron chi connectivity index (χ0n) is 64.4. The van der Waals surface area contributed by atoms with Gasteiger partial charge in [-0.15, -0.1) is 0 Å². The van der Waals surface area contributed by atoms with Crippen molar-refractivity contribution in [2.45, 2.75) is 117 Å². The molecular weight excluding hydrogens is 1370 g/mol. The third kappa shape index (κ3) is 15.4. The molecule has 0 unspecified atom stereocenters. The molecule has 3 aliphatic rings. The zero-order chi connectivity index (χ0) is 76.9. The van der Waals surface area contributed by atoms with Gasteiger partial charge in [-0.2, -0.15) is 0 Å². The Hall–Kier alpha value is -11.6. The first kappa shape index (κ1) is 73.5. The first-order valence-electron chi connectivity index (χ1n) is 37.7. The lowest BCUT2D eigenvalue weighted by Gasteiger charge is -2.32. The van der Waals surface area contributed by atoms with Gasteiger partial charge in [0.05, 0.1) is 33.6 Å². The Balaban J connectivity index is 0.000000127. The maximum atomic E-state index is 6.26. The Morgan fingerprint density at radius 1 is 0.171 bits per heavy atom. The van der Waals surface area contributed by atoms with Crippen LogP contribution in [0, 0.1) is 0 Å². The number of hydrogen-bond acceptors (Lipinski definition) is 15. The van der Waals surface area contributed by atoms with E-state index in [-0.39, 0.29) is 22.4 Å². The third-order valence-electron chi connectivity index (χ3n) is 22.1. The van der Waals surface area contributed by atoms with E-state index in [4.69, 9.17) is 72.8 Å². The molecule has 18 rings (SSSR count). The summed E-state index contributed by atoms with van der Waals surface area (Å²) >= 11 is 0. The van der Waals surface area contributed by atoms with Gasteiger partial charge in [0.2, 0.25) is 0 Å². The minimum absolute atomic E-state index is 0.375. The molecule has 0 N–H and O–H groups in total. The highest BCUT2D eigenvalue weighted by molar-refractivity contribution is 6.63. The van der Waals surface area contributed by atoms with Gasteiger partial charge in [0.1, 0.15) is 0 Å². The average Bonchev–Trinajstić information content (AvgIpc) is 1.69. The van der Waals surface area contributed by atoms with Gasteiger partial charge in [-0.05, 0) is 150 Å². The molecule has 0 saturated carbocycles. The molecule has 3 saturated heterocycles. The van der Waals surface area contributed by atoms with Gasteiger partial charge in [0.25, 0.3) is 0 Å². The van der Waals surface area contributed by atoms with Crippen LogP contribution >= 0.6 is 0 Å². The fraction of sp³-hybridized carbons (Fsp3) is 0.194. The number of nitrogens with zero attached hydrogens (tertiary/aromatic N) is 9. The monoisotopic (exact) mass is 1460 g/mol. The van der Waals surface area contributed by atoms with Gasteiger partial charge in [0.15, 0.2) is 52.4 Å². The fourth-order valence-electron chi connectivity index (χ4n) is 13.3. The highest BCUT2D eigenvalue weighted by atomic mass is 16.7. The summed E-state index contributed by atoms with van der Waals surface area (Å²) in [5.41, 5.74) is 9.00. The van der Waals surface area contributed by atoms with Crippen molar-refractivity contribution in [3.05, 3.63) is 291 Å². The number of rotatable bonds is 12. The standard InChI is InChI=1S/C35H30BN3O2.C31H28BN3O2.C27H26BN3O2/c1-34(2)35(3,4)41-36(40-34)30-19-17-25(18-20-30)31-37-32(28-15-13-23-9-5-7-11-26(23)21-28)39-33(38-31)29-16-14-24-10-6-8-12-27(24)22-29;1-30(2)31(3,4)37-32(36-30)26-18-16-23(17-19-26)28-33-27(22-11-6-5-7-12-22)34-29(35-28)25-15-14-21-10-8-9-13-24(21)20-25;1-26(2)27(3,4)33-28(32-26)22-17-15-21(16-18-22)25-30-23(19-11-7-5-8-12-19)29-24(31-25)20-13-9-6-10-14-20/h5-22H,1-4H3;5-20H,1-4H3;5-18H,1-4H3. The lowest BCUT2D eigenvalue weighted by atomic mass is 9.79. The van der Waals surface area contributed by atoms with Gasteiger partial charge in [-0.1, -0.05) is 273 Å². The second-order valence-corrected chi connectivity index (χ2v) is 31.3. The molecule has 15 aromatic rings. The molecule has 3 fully saturated rings. The number of aromatic nitrogens is 9. The van der Waals surface area contributed by atoms with E-state index < -0.39 is 32.6 Å². The minimum Gasteiger partial charge on any atom is -0.399 e. The predicted octanol–water partition coefficient (Wildman–Crippen LogP) is 19.0. The Kier molecular flexibility index (Phi) is 19.7. The van der Waals surface area contributed by atoms with Crippen LogP contribution in [0.15, 0.2) is 291 Å². The SMILES string of the molecule is CC1(C)OB(c2ccc(-c3nc(-c4ccc5ccccc5c4)nc(-c4ccc5ccccc5c4)n3)cc2)OC1(C)C.CC1(C)OB(c2ccc(-c3nc(-c4ccccc4)nc(-c4ccc5ccccc5c4)n3)cc2)OC1(C)C.CC1(C)OB(c2ccc(-c3nc(-c4ccccc4)nc(-c4ccccc4)n3)cc2)OC1(C)C. The second-order valence-electron chi connectivity index (χ2n) is 31.3. The highest BCUT2D eigenvalue weighted by Gasteiger charge is 2.54. The Morgan fingerprint density at radius 2 is 0.333 bits per heavy atom. The van der Waals surface area contributed by atoms with Crippen molar-refractivity contribution >= 4 is 70.1 Å². The molecule has 18 heteroatoms. The maximum absolute atomic E-state index is 6.26. The van der Waals surface area contributed by atoms with Crippen molar-refractivity contribution in [1.82, 2.24) is 44.9 Å². The first-order chi connectivity index (χ1) is 53.4. The van der Waals surface area contributed by atoms with Gasteiger partial charge >= 0.3 is 21.4 Å². The van der Waals surface area contributed by atoms with Gasteiger partial charge in [-0.25, -0.2) is 44.9 Å². The molecule has 3 aromatic heterocycles. The highest BCUT2D eigenvalue weighted by Crippen LogP contribution is 2.40. The summed E-state index contributed by atoms with van der Waals surface area (Å²) < 4.78 is 37.3. The summed E-state index contributed by atoms with van der Waals surface area (Å²) in [7, 11) is -1.23. The van der Waals surface area contributed by atoms with E-state index in [0.717, 1.165) is 82.6 Å². The fourth-order valence-corrected chi connectivity index (χ4v) is 13.3. The van der Waals surface area contributed by atoms with Crippen LogP contribution < -0.4 is 16.4 Å². The molecule has 12 aromatic carbocycles. The maximum Gasteiger partial charge on any atom is 0.494 e. The van der Waals surface area contributed by atoms with Crippen molar-refractivity contribution in [2.75, 3.05) is 0 Å². The van der Waals surface area contributed by atoms with E-state index >= 15 is 0 Å². The smallest absolute Gasteiger partial charge is 0.399 e. The molecule has 0 aliphatic carbocycles. The normalized spacial score (nSPS) is 16.3. The third-order valence-corrected chi connectivity index (χ3v) is 22.1.